The van der Waals surface area contributed by atoms with E-state index in [1.165, 1.54) is 38.9 Å². The van der Waals surface area contributed by atoms with E-state index in [0.717, 1.165) is 76.5 Å². The van der Waals surface area contributed by atoms with Crippen LogP contribution in [0.4, 0.5) is 34.1 Å². The van der Waals surface area contributed by atoms with Crippen molar-refractivity contribution in [2.45, 2.75) is 131 Å². The molecule has 0 unspecified atom stereocenters. The van der Waals surface area contributed by atoms with Crippen LogP contribution in [-0.4, -0.2) is 0 Å². The third-order valence-electron chi connectivity index (χ3n) is 15.2. The first-order valence-corrected chi connectivity index (χ1v) is 29.2. The lowest BCUT2D eigenvalue weighted by Crippen LogP contribution is -2.18. The molecular weight excluding hydrogens is 1080 g/mol. The molecule has 9 aromatic carbocycles. The molecule has 0 saturated heterocycles. The van der Waals surface area contributed by atoms with Crippen molar-refractivity contribution in [2.75, 3.05) is 9.80 Å². The highest BCUT2D eigenvalue weighted by Gasteiger charge is 2.28. The van der Waals surface area contributed by atoms with Crippen LogP contribution in [0, 0.1) is 0 Å². The summed E-state index contributed by atoms with van der Waals surface area (Å²) in [4.78, 5) is 4.98. The molecule has 0 fully saturated rings. The predicted octanol–water partition coefficient (Wildman–Crippen LogP) is 23.3. The van der Waals surface area contributed by atoms with Gasteiger partial charge in [0.05, 0.1) is 11.4 Å². The molecule has 0 heterocycles. The lowest BCUT2D eigenvalue weighted by molar-refractivity contribution is 0.590. The van der Waals surface area contributed by atoms with Crippen molar-refractivity contribution in [2.24, 2.45) is 0 Å². The summed E-state index contributed by atoms with van der Waals surface area (Å²) >= 11 is 7.87. The Morgan fingerprint density at radius 3 is 0.808 bits per heavy atom. The molecule has 2 nitrogen and oxygen atoms in total. The van der Waals surface area contributed by atoms with E-state index >= 15 is 0 Å². The van der Waals surface area contributed by atoms with E-state index in [9.17, 15) is 0 Å². The zero-order valence-electron chi connectivity index (χ0n) is 48.7. The highest BCUT2D eigenvalue weighted by molar-refractivity contribution is 9.10. The van der Waals surface area contributed by atoms with Gasteiger partial charge in [0.2, 0.25) is 0 Å². The largest absolute Gasteiger partial charge is 0.310 e. The minimum Gasteiger partial charge on any atom is -0.310 e. The van der Waals surface area contributed by atoms with Crippen molar-refractivity contribution in [3.63, 3.8) is 0 Å². The fraction of sp³-hybridized carbons (Fsp3) is 0.270. The SMILES string of the molecule is CC(C)(C)c1ccc(-c2ccc(-c3ccc(C(C)(C)C)cc3)c(N(c3cccc(Br)c3)c3cc(N(c4cccc(Br)c4)c4cc(-c5ccc(C(C)(C)C)cc5)ccc4-c4ccc(C(C)(C)C)cc4)cc(C(C)(C)C)c3)c2)cc1. The Morgan fingerprint density at radius 1 is 0.244 bits per heavy atom. The standard InChI is InChI=1S/C74H78Br2N2/c1-70(2,3)55-32-22-49(23-33-55)53-30-40-66(51-26-36-57(37-27-51)72(7,8)9)68(42-53)77(62-20-16-18-60(75)46-62)64-44-59(74(13,14)15)45-65(48-64)78(63-21-17-19-61(76)47-63)69-43-54(50-24-34-56(35-25-50)71(4,5)6)31-41-67(69)52-28-38-58(39-29-52)73(10,11)12/h16-48H,1-15H3. The molecule has 0 bridgehead atoms. The second kappa shape index (κ2) is 21.6. The summed E-state index contributed by atoms with van der Waals surface area (Å²) in [5.41, 5.74) is 21.9. The minimum atomic E-state index is -0.235. The number of hydrogen-bond donors (Lipinski definition) is 0. The maximum atomic E-state index is 3.94. The van der Waals surface area contributed by atoms with Gasteiger partial charge in [-0.15, -0.1) is 0 Å². The van der Waals surface area contributed by atoms with Gasteiger partial charge >= 0.3 is 0 Å². The van der Waals surface area contributed by atoms with Crippen LogP contribution in [0.1, 0.15) is 132 Å². The van der Waals surface area contributed by atoms with Gasteiger partial charge < -0.3 is 9.80 Å². The molecule has 0 aromatic heterocycles. The van der Waals surface area contributed by atoms with Gasteiger partial charge in [-0.3, -0.25) is 0 Å². The van der Waals surface area contributed by atoms with Gasteiger partial charge in [0, 0.05) is 42.8 Å². The summed E-state index contributed by atoms with van der Waals surface area (Å²) < 4.78 is 2.01. The normalized spacial score (nSPS) is 12.4. The van der Waals surface area contributed by atoms with Crippen LogP contribution in [0.3, 0.4) is 0 Å². The maximum absolute atomic E-state index is 3.94. The van der Waals surface area contributed by atoms with Gasteiger partial charge in [0.1, 0.15) is 0 Å². The first-order chi connectivity index (χ1) is 36.6. The Morgan fingerprint density at radius 2 is 0.526 bits per heavy atom. The maximum Gasteiger partial charge on any atom is 0.0546 e. The summed E-state index contributed by atoms with van der Waals surface area (Å²) in [6.07, 6.45) is 0. The number of rotatable bonds is 10. The van der Waals surface area contributed by atoms with E-state index in [4.69, 9.17) is 0 Å². The van der Waals surface area contributed by atoms with E-state index < -0.39 is 0 Å². The van der Waals surface area contributed by atoms with Crippen molar-refractivity contribution in [3.8, 4) is 44.5 Å². The fourth-order valence-corrected chi connectivity index (χ4v) is 11.1. The summed E-state index contributed by atoms with van der Waals surface area (Å²) in [5, 5.41) is 0. The molecular formula is C74H78Br2N2. The fourth-order valence-electron chi connectivity index (χ4n) is 10.3. The van der Waals surface area contributed by atoms with Crippen molar-refractivity contribution in [1.29, 1.82) is 0 Å². The van der Waals surface area contributed by atoms with Crippen LogP contribution in [0.15, 0.2) is 209 Å². The Bertz CT molecular complexity index is 3340. The first-order valence-electron chi connectivity index (χ1n) is 27.6. The molecule has 0 atom stereocenters. The quantitative estimate of drug-likeness (QED) is 0.135. The highest BCUT2D eigenvalue weighted by atomic mass is 79.9. The molecule has 0 aliphatic carbocycles. The predicted molar refractivity (Wildman–Crippen MR) is 346 cm³/mol. The minimum absolute atomic E-state index is 0.0168. The summed E-state index contributed by atoms with van der Waals surface area (Å²) in [6, 6.07) is 75.6. The van der Waals surface area contributed by atoms with Crippen LogP contribution >= 0.6 is 31.9 Å². The van der Waals surface area contributed by atoms with Crippen LogP contribution in [-0.2, 0) is 27.1 Å². The molecule has 0 aliphatic heterocycles. The van der Waals surface area contributed by atoms with Gasteiger partial charge in [-0.2, -0.15) is 0 Å². The molecule has 0 N–H and O–H groups in total. The van der Waals surface area contributed by atoms with Gasteiger partial charge in [-0.25, -0.2) is 0 Å². The van der Waals surface area contributed by atoms with E-state index in [1.54, 1.807) is 0 Å². The second-order valence-electron chi connectivity index (χ2n) is 26.4. The zero-order chi connectivity index (χ0) is 56.1. The molecule has 0 saturated carbocycles. The monoisotopic (exact) mass is 1150 g/mol. The first kappa shape index (κ1) is 56.3. The highest BCUT2D eigenvalue weighted by Crippen LogP contribution is 2.50. The average molecular weight is 1160 g/mol. The number of anilines is 6. The second-order valence-corrected chi connectivity index (χ2v) is 28.2. The van der Waals surface area contributed by atoms with Crippen LogP contribution in [0.25, 0.3) is 44.5 Å². The van der Waals surface area contributed by atoms with E-state index in [-0.39, 0.29) is 27.1 Å². The third kappa shape index (κ3) is 12.5. The van der Waals surface area contributed by atoms with Crippen LogP contribution in [0.2, 0.25) is 0 Å². The van der Waals surface area contributed by atoms with Gasteiger partial charge in [-0.1, -0.05) is 269 Å². The third-order valence-corrected chi connectivity index (χ3v) is 16.2. The van der Waals surface area contributed by atoms with E-state index in [0.29, 0.717) is 0 Å². The summed E-state index contributed by atoms with van der Waals surface area (Å²) in [5.74, 6) is 0. The molecule has 4 heteroatoms. The van der Waals surface area contributed by atoms with Crippen molar-refractivity contribution in [1.82, 2.24) is 0 Å². The molecule has 0 amide bonds. The zero-order valence-corrected chi connectivity index (χ0v) is 51.9. The van der Waals surface area contributed by atoms with Gasteiger partial charge in [0.25, 0.3) is 0 Å². The number of nitrogens with zero attached hydrogens (tertiary/aromatic N) is 2. The van der Waals surface area contributed by atoms with E-state index in [1.807, 2.05) is 0 Å². The Hall–Kier alpha value is -6.46. The lowest BCUT2D eigenvalue weighted by atomic mass is 9.85. The molecule has 398 valence electrons. The Balaban J connectivity index is 1.35. The molecule has 9 rings (SSSR count). The molecule has 9 aromatic rings. The summed E-state index contributed by atoms with van der Waals surface area (Å²) in [7, 11) is 0. The Kier molecular flexibility index (Phi) is 15.6. The number of hydrogen-bond acceptors (Lipinski definition) is 2. The number of benzene rings is 9. The van der Waals surface area contributed by atoms with Crippen LogP contribution < -0.4 is 9.80 Å². The lowest BCUT2D eigenvalue weighted by Gasteiger charge is -2.34. The van der Waals surface area contributed by atoms with Crippen molar-refractivity contribution >= 4 is 66.0 Å². The topological polar surface area (TPSA) is 6.48 Å². The summed E-state index contributed by atoms with van der Waals surface area (Å²) in [6.45, 7) is 34.4. The van der Waals surface area contributed by atoms with Crippen LogP contribution in [0.5, 0.6) is 0 Å². The van der Waals surface area contributed by atoms with Gasteiger partial charge in [0.15, 0.2) is 0 Å². The smallest absolute Gasteiger partial charge is 0.0546 e. The molecule has 78 heavy (non-hydrogen) atoms. The average Bonchev–Trinajstić information content (AvgIpc) is 3.45. The van der Waals surface area contributed by atoms with Gasteiger partial charge in [-0.05, 0) is 155 Å². The van der Waals surface area contributed by atoms with E-state index in [2.05, 4.69) is 346 Å². The number of halogens is 2. The Labute approximate surface area is 484 Å². The van der Waals surface area contributed by atoms with Crippen molar-refractivity contribution in [3.05, 3.63) is 237 Å². The van der Waals surface area contributed by atoms with Crippen molar-refractivity contribution < 1.29 is 0 Å². The molecule has 0 radical (unpaired) electrons. The molecule has 0 aliphatic rings. The molecule has 0 spiro atoms.